The van der Waals surface area contributed by atoms with Gasteiger partial charge in [0.25, 0.3) is 0 Å². The fourth-order valence-electron chi connectivity index (χ4n) is 4.26. The second kappa shape index (κ2) is 6.98. The summed E-state index contributed by atoms with van der Waals surface area (Å²) < 4.78 is 11.6. The number of carbonyl (C=O) groups is 1. The Morgan fingerprint density at radius 1 is 1.13 bits per heavy atom. The van der Waals surface area contributed by atoms with Crippen LogP contribution in [0.2, 0.25) is 0 Å². The normalized spacial score (nSPS) is 32.7. The van der Waals surface area contributed by atoms with E-state index in [9.17, 15) is 4.79 Å². The van der Waals surface area contributed by atoms with Gasteiger partial charge in [0, 0.05) is 31.7 Å². The Balaban J connectivity index is 1.60. The third-order valence-electron chi connectivity index (χ3n) is 5.30. The summed E-state index contributed by atoms with van der Waals surface area (Å²) in [6.45, 7) is 9.45. The van der Waals surface area contributed by atoms with Crippen molar-refractivity contribution >= 4 is 6.09 Å². The first-order valence-corrected chi connectivity index (χ1v) is 9.29. The Morgan fingerprint density at radius 2 is 1.91 bits per heavy atom. The van der Waals surface area contributed by atoms with E-state index in [4.69, 9.17) is 9.47 Å². The average Bonchev–Trinajstić information content (AvgIpc) is 2.94. The van der Waals surface area contributed by atoms with E-state index in [1.807, 2.05) is 25.7 Å². The maximum Gasteiger partial charge on any atom is 0.410 e. The van der Waals surface area contributed by atoms with Crippen molar-refractivity contribution in [2.75, 3.05) is 26.2 Å². The van der Waals surface area contributed by atoms with Crippen molar-refractivity contribution in [3.63, 3.8) is 0 Å². The third-order valence-corrected chi connectivity index (χ3v) is 5.30. The zero-order valence-electron chi connectivity index (χ0n) is 14.9. The van der Waals surface area contributed by atoms with E-state index in [-0.39, 0.29) is 6.09 Å². The lowest BCUT2D eigenvalue weighted by Gasteiger charge is -2.45. The largest absolute Gasteiger partial charge is 0.444 e. The van der Waals surface area contributed by atoms with E-state index < -0.39 is 5.60 Å². The molecule has 3 fully saturated rings. The molecule has 0 radical (unpaired) electrons. The minimum absolute atomic E-state index is 0.145. The van der Waals surface area contributed by atoms with Gasteiger partial charge in [0.15, 0.2) is 0 Å². The number of nitrogens with zero attached hydrogens (tertiary/aromatic N) is 2. The Labute approximate surface area is 140 Å². The van der Waals surface area contributed by atoms with Gasteiger partial charge in [-0.05, 0) is 46.5 Å². The number of carbonyl (C=O) groups excluding carboxylic acids is 1. The lowest BCUT2D eigenvalue weighted by molar-refractivity contribution is -0.0927. The van der Waals surface area contributed by atoms with Gasteiger partial charge in [-0.3, -0.25) is 4.90 Å². The number of hydrogen-bond donors (Lipinski definition) is 0. The van der Waals surface area contributed by atoms with Crippen molar-refractivity contribution in [2.24, 2.45) is 0 Å². The topological polar surface area (TPSA) is 42.0 Å². The lowest BCUT2D eigenvalue weighted by Crippen LogP contribution is -2.56. The van der Waals surface area contributed by atoms with E-state index in [2.05, 4.69) is 4.90 Å². The van der Waals surface area contributed by atoms with Gasteiger partial charge in [-0.1, -0.05) is 12.8 Å². The number of ether oxygens (including phenoxy) is 2. The Morgan fingerprint density at radius 3 is 2.70 bits per heavy atom. The first-order valence-electron chi connectivity index (χ1n) is 9.29. The van der Waals surface area contributed by atoms with Gasteiger partial charge in [-0.15, -0.1) is 0 Å². The first-order chi connectivity index (χ1) is 10.9. The Kier molecular flexibility index (Phi) is 5.16. The van der Waals surface area contributed by atoms with Crippen molar-refractivity contribution in [1.29, 1.82) is 0 Å². The second-order valence-corrected chi connectivity index (χ2v) is 8.23. The highest BCUT2D eigenvalue weighted by atomic mass is 16.6. The Bertz CT molecular complexity index is 419. The van der Waals surface area contributed by atoms with Crippen LogP contribution >= 0.6 is 0 Å². The van der Waals surface area contributed by atoms with Gasteiger partial charge in [0.1, 0.15) is 5.60 Å². The quantitative estimate of drug-likeness (QED) is 0.783. The molecule has 132 valence electrons. The highest BCUT2D eigenvalue weighted by Gasteiger charge is 2.38. The van der Waals surface area contributed by atoms with Crippen LogP contribution in [0.15, 0.2) is 0 Å². The highest BCUT2D eigenvalue weighted by molar-refractivity contribution is 5.69. The zero-order valence-corrected chi connectivity index (χ0v) is 14.9. The summed E-state index contributed by atoms with van der Waals surface area (Å²) >= 11 is 0. The molecule has 1 amide bonds. The molecule has 5 nitrogen and oxygen atoms in total. The molecule has 3 aliphatic rings. The summed E-state index contributed by atoms with van der Waals surface area (Å²) in [6.07, 6.45) is 7.48. The number of amides is 1. The van der Waals surface area contributed by atoms with Gasteiger partial charge < -0.3 is 14.4 Å². The molecule has 0 bridgehead atoms. The molecule has 3 atom stereocenters. The molecule has 5 heteroatoms. The molecule has 1 saturated carbocycles. The van der Waals surface area contributed by atoms with Crippen molar-refractivity contribution in [3.8, 4) is 0 Å². The molecule has 3 rings (SSSR count). The van der Waals surface area contributed by atoms with E-state index in [1.54, 1.807) is 0 Å². The summed E-state index contributed by atoms with van der Waals surface area (Å²) in [4.78, 5) is 17.0. The number of hydrogen-bond acceptors (Lipinski definition) is 4. The van der Waals surface area contributed by atoms with E-state index >= 15 is 0 Å². The molecular weight excluding hydrogens is 292 g/mol. The highest BCUT2D eigenvalue weighted by Crippen LogP contribution is 2.30. The lowest BCUT2D eigenvalue weighted by atomic mass is 9.90. The van der Waals surface area contributed by atoms with Gasteiger partial charge >= 0.3 is 6.09 Å². The number of rotatable bonds is 2. The third kappa shape index (κ3) is 4.18. The zero-order chi connectivity index (χ0) is 16.4. The van der Waals surface area contributed by atoms with Crippen LogP contribution in [0.25, 0.3) is 0 Å². The molecule has 0 unspecified atom stereocenters. The van der Waals surface area contributed by atoms with E-state index in [1.165, 1.54) is 25.7 Å². The monoisotopic (exact) mass is 324 g/mol. The van der Waals surface area contributed by atoms with E-state index in [0.29, 0.717) is 18.2 Å². The molecule has 0 aromatic heterocycles. The molecule has 1 aliphatic carbocycles. The van der Waals surface area contributed by atoms with Gasteiger partial charge in [-0.25, -0.2) is 4.79 Å². The van der Waals surface area contributed by atoms with Crippen LogP contribution < -0.4 is 0 Å². The number of fused-ring (bicyclic) bond motifs is 1. The van der Waals surface area contributed by atoms with Crippen LogP contribution in [-0.2, 0) is 9.47 Å². The molecule has 0 spiro atoms. The van der Waals surface area contributed by atoms with Crippen molar-refractivity contribution in [3.05, 3.63) is 0 Å². The van der Waals surface area contributed by atoms with Crippen LogP contribution in [0, 0.1) is 0 Å². The average molecular weight is 324 g/mol. The van der Waals surface area contributed by atoms with Crippen LogP contribution in [0.5, 0.6) is 0 Å². The Hall–Kier alpha value is -0.810. The molecule has 2 heterocycles. The molecule has 23 heavy (non-hydrogen) atoms. The van der Waals surface area contributed by atoms with Crippen LogP contribution in [0.1, 0.15) is 59.3 Å². The van der Waals surface area contributed by atoms with E-state index in [0.717, 1.165) is 39.1 Å². The summed E-state index contributed by atoms with van der Waals surface area (Å²) in [5.74, 6) is 0. The van der Waals surface area contributed by atoms with Gasteiger partial charge in [0.05, 0.1) is 12.7 Å². The van der Waals surface area contributed by atoms with Crippen molar-refractivity contribution < 1.29 is 14.3 Å². The van der Waals surface area contributed by atoms with Crippen LogP contribution in [0.4, 0.5) is 4.79 Å². The van der Waals surface area contributed by atoms with Gasteiger partial charge in [-0.2, -0.15) is 0 Å². The predicted molar refractivity (Wildman–Crippen MR) is 89.5 cm³/mol. The minimum atomic E-state index is -0.419. The molecule has 2 aliphatic heterocycles. The summed E-state index contributed by atoms with van der Waals surface area (Å²) in [7, 11) is 0. The molecular formula is C18H32N2O3. The summed E-state index contributed by atoms with van der Waals surface area (Å²) in [5, 5.41) is 0. The second-order valence-electron chi connectivity index (χ2n) is 8.23. The summed E-state index contributed by atoms with van der Waals surface area (Å²) in [5.41, 5.74) is -0.419. The van der Waals surface area contributed by atoms with Crippen LogP contribution in [0.3, 0.4) is 0 Å². The maximum atomic E-state index is 12.5. The van der Waals surface area contributed by atoms with Crippen molar-refractivity contribution in [2.45, 2.75) is 83.1 Å². The fraction of sp³-hybridized carbons (Fsp3) is 0.944. The summed E-state index contributed by atoms with van der Waals surface area (Å²) in [6, 6.07) is 0.851. The predicted octanol–water partition coefficient (Wildman–Crippen LogP) is 3.03. The van der Waals surface area contributed by atoms with Crippen LogP contribution in [-0.4, -0.2) is 65.9 Å². The smallest absolute Gasteiger partial charge is 0.410 e. The molecule has 0 aromatic carbocycles. The molecule has 0 N–H and O–H groups in total. The van der Waals surface area contributed by atoms with Gasteiger partial charge in [0.2, 0.25) is 0 Å². The number of morpholine rings is 1. The first kappa shape index (κ1) is 17.0. The fourth-order valence-corrected chi connectivity index (χ4v) is 4.26. The standard InChI is InChI=1S/C18H32N2O3/c1-18(2,3)23-17(21)20-10-6-7-14(20)13-19-11-12-22-16-9-5-4-8-15(16)19/h14-16H,4-13H2,1-3H3/t14-,15-,16-/m1/s1. The molecule has 0 aromatic rings. The molecule has 2 saturated heterocycles. The number of likely N-dealkylation sites (tertiary alicyclic amines) is 1. The SMILES string of the molecule is CC(C)(C)OC(=O)N1CCC[C@@H]1CN1CCO[C@@H]2CCCC[C@H]21. The maximum absolute atomic E-state index is 12.5. The minimum Gasteiger partial charge on any atom is -0.444 e. The van der Waals surface area contributed by atoms with Crippen molar-refractivity contribution in [1.82, 2.24) is 9.80 Å².